The van der Waals surface area contributed by atoms with Crippen LogP contribution in [0, 0.1) is 0 Å². The SMILES string of the molecule is CN(C)C(=Nc1ccc2ccc(N=C(N(C)C)N(C)C)c(N=C(N(C)C)N(C)C)c2c1)N(C)C. The lowest BCUT2D eigenvalue weighted by atomic mass is 10.1. The number of benzene rings is 2. The second kappa shape index (κ2) is 11.1. The third-order valence-electron chi connectivity index (χ3n) is 5.02. The first-order valence-corrected chi connectivity index (χ1v) is 11.2. The molecule has 0 saturated heterocycles. The van der Waals surface area contributed by atoms with Crippen LogP contribution in [-0.2, 0) is 0 Å². The number of rotatable bonds is 3. The summed E-state index contributed by atoms with van der Waals surface area (Å²) in [4.78, 5) is 27.0. The summed E-state index contributed by atoms with van der Waals surface area (Å²) in [6.45, 7) is 0. The molecule has 0 aliphatic carbocycles. The zero-order valence-corrected chi connectivity index (χ0v) is 22.9. The van der Waals surface area contributed by atoms with Crippen LogP contribution in [0.15, 0.2) is 45.3 Å². The van der Waals surface area contributed by atoms with Crippen LogP contribution in [-0.4, -0.2) is 132 Å². The van der Waals surface area contributed by atoms with Gasteiger partial charge in [0, 0.05) is 90.0 Å². The van der Waals surface area contributed by atoms with Crippen LogP contribution < -0.4 is 0 Å². The lowest BCUT2D eigenvalue weighted by Gasteiger charge is -2.24. The summed E-state index contributed by atoms with van der Waals surface area (Å²) in [5, 5.41) is 2.08. The summed E-state index contributed by atoms with van der Waals surface area (Å²) < 4.78 is 0. The van der Waals surface area contributed by atoms with E-state index in [1.165, 1.54) is 0 Å². The molecule has 0 bridgehead atoms. The van der Waals surface area contributed by atoms with Crippen molar-refractivity contribution in [2.45, 2.75) is 0 Å². The molecule has 0 radical (unpaired) electrons. The summed E-state index contributed by atoms with van der Waals surface area (Å²) in [6, 6.07) is 10.3. The van der Waals surface area contributed by atoms with Gasteiger partial charge in [-0.2, -0.15) is 0 Å². The molecule has 9 heteroatoms. The molecular formula is C25H41N9. The van der Waals surface area contributed by atoms with Crippen molar-refractivity contribution in [2.75, 3.05) is 84.6 Å². The van der Waals surface area contributed by atoms with Crippen LogP contribution in [0.1, 0.15) is 0 Å². The fourth-order valence-corrected chi connectivity index (χ4v) is 3.68. The second-order valence-electron chi connectivity index (χ2n) is 9.44. The van der Waals surface area contributed by atoms with Crippen molar-refractivity contribution in [3.8, 4) is 0 Å². The standard InChI is InChI=1S/C25H41N9/c1-29(2)23(30(3)4)26-19-15-13-18-14-16-21(27-24(31(5)6)32(7)8)22(20(18)17-19)28-25(33(9)10)34(11)12/h13-17H,1-12H3. The number of hydrogen-bond donors (Lipinski definition) is 0. The molecule has 2 aromatic carbocycles. The first kappa shape index (κ1) is 26.8. The third kappa shape index (κ3) is 6.30. The van der Waals surface area contributed by atoms with E-state index in [2.05, 4.69) is 18.2 Å². The van der Waals surface area contributed by atoms with E-state index >= 15 is 0 Å². The van der Waals surface area contributed by atoms with Gasteiger partial charge < -0.3 is 29.4 Å². The molecule has 0 aliphatic heterocycles. The summed E-state index contributed by atoms with van der Waals surface area (Å²) >= 11 is 0. The lowest BCUT2D eigenvalue weighted by Crippen LogP contribution is -2.35. The number of fused-ring (bicyclic) bond motifs is 1. The Morgan fingerprint density at radius 1 is 0.500 bits per heavy atom. The highest BCUT2D eigenvalue weighted by Crippen LogP contribution is 2.38. The first-order chi connectivity index (χ1) is 15.8. The Balaban J connectivity index is 2.92. The average Bonchev–Trinajstić information content (AvgIpc) is 2.72. The van der Waals surface area contributed by atoms with Gasteiger partial charge >= 0.3 is 0 Å². The predicted molar refractivity (Wildman–Crippen MR) is 147 cm³/mol. The van der Waals surface area contributed by atoms with Crippen LogP contribution in [0.2, 0.25) is 0 Å². The molecule has 0 N–H and O–H groups in total. The monoisotopic (exact) mass is 467 g/mol. The van der Waals surface area contributed by atoms with Crippen LogP contribution in [0.4, 0.5) is 17.1 Å². The topological polar surface area (TPSA) is 56.5 Å². The van der Waals surface area contributed by atoms with E-state index < -0.39 is 0 Å². The van der Waals surface area contributed by atoms with Crippen molar-refractivity contribution < 1.29 is 0 Å². The highest BCUT2D eigenvalue weighted by Gasteiger charge is 2.15. The zero-order chi connectivity index (χ0) is 25.7. The molecule has 186 valence electrons. The Bertz CT molecular complexity index is 1040. The fourth-order valence-electron chi connectivity index (χ4n) is 3.68. The zero-order valence-electron chi connectivity index (χ0n) is 22.9. The maximum absolute atomic E-state index is 5.10. The van der Waals surface area contributed by atoms with Gasteiger partial charge in [0.05, 0.1) is 11.4 Å². The van der Waals surface area contributed by atoms with Gasteiger partial charge in [0.1, 0.15) is 5.69 Å². The van der Waals surface area contributed by atoms with Gasteiger partial charge in [-0.3, -0.25) is 0 Å². The minimum absolute atomic E-state index is 0.799. The van der Waals surface area contributed by atoms with Crippen molar-refractivity contribution in [1.29, 1.82) is 0 Å². The summed E-state index contributed by atoms with van der Waals surface area (Å²) in [6.07, 6.45) is 0. The van der Waals surface area contributed by atoms with Gasteiger partial charge in [0.2, 0.25) is 17.9 Å². The normalized spacial score (nSPS) is 10.4. The second-order valence-corrected chi connectivity index (χ2v) is 9.44. The van der Waals surface area contributed by atoms with E-state index in [9.17, 15) is 0 Å². The molecule has 0 heterocycles. The van der Waals surface area contributed by atoms with E-state index in [1.807, 2.05) is 126 Å². The minimum Gasteiger partial charge on any atom is -0.349 e. The van der Waals surface area contributed by atoms with E-state index in [0.29, 0.717) is 0 Å². The number of nitrogens with zero attached hydrogens (tertiary/aromatic N) is 9. The number of aliphatic imine (C=N–C) groups is 3. The van der Waals surface area contributed by atoms with Crippen LogP contribution >= 0.6 is 0 Å². The summed E-state index contributed by atoms with van der Waals surface area (Å²) in [5.41, 5.74) is 2.47. The molecule has 34 heavy (non-hydrogen) atoms. The highest BCUT2D eigenvalue weighted by molar-refractivity contribution is 6.03. The van der Waals surface area contributed by atoms with Crippen molar-refractivity contribution in [1.82, 2.24) is 29.4 Å². The molecule has 0 aliphatic rings. The molecule has 9 nitrogen and oxygen atoms in total. The van der Waals surface area contributed by atoms with Gasteiger partial charge in [-0.1, -0.05) is 12.1 Å². The first-order valence-electron chi connectivity index (χ1n) is 11.2. The smallest absolute Gasteiger partial charge is 0.200 e. The van der Waals surface area contributed by atoms with Crippen molar-refractivity contribution in [3.63, 3.8) is 0 Å². The average molecular weight is 468 g/mol. The Labute approximate surface area is 205 Å². The van der Waals surface area contributed by atoms with Crippen LogP contribution in [0.5, 0.6) is 0 Å². The fraction of sp³-hybridized carbons (Fsp3) is 0.480. The molecular weight excluding hydrogens is 426 g/mol. The van der Waals surface area contributed by atoms with Crippen LogP contribution in [0.3, 0.4) is 0 Å². The van der Waals surface area contributed by atoms with E-state index in [0.717, 1.165) is 45.7 Å². The van der Waals surface area contributed by atoms with E-state index in [1.54, 1.807) is 0 Å². The summed E-state index contributed by atoms with van der Waals surface area (Å²) in [5.74, 6) is 2.53. The lowest BCUT2D eigenvalue weighted by molar-refractivity contribution is 0.483. The molecule has 0 unspecified atom stereocenters. The molecule has 0 fully saturated rings. The molecule has 2 aromatic rings. The Kier molecular flexibility index (Phi) is 8.73. The molecule has 0 atom stereocenters. The Morgan fingerprint density at radius 3 is 1.38 bits per heavy atom. The summed E-state index contributed by atoms with van der Waals surface area (Å²) in [7, 11) is 23.9. The van der Waals surface area contributed by atoms with Gasteiger partial charge in [-0.25, -0.2) is 15.0 Å². The largest absolute Gasteiger partial charge is 0.349 e. The van der Waals surface area contributed by atoms with Gasteiger partial charge in [0.15, 0.2) is 0 Å². The van der Waals surface area contributed by atoms with Crippen molar-refractivity contribution in [2.24, 2.45) is 15.0 Å². The molecule has 0 saturated carbocycles. The van der Waals surface area contributed by atoms with E-state index in [4.69, 9.17) is 15.0 Å². The number of hydrogen-bond acceptors (Lipinski definition) is 3. The quantitative estimate of drug-likeness (QED) is 0.511. The maximum Gasteiger partial charge on any atom is 0.200 e. The van der Waals surface area contributed by atoms with Crippen molar-refractivity contribution >= 4 is 45.7 Å². The Hall–Kier alpha value is -3.49. The maximum atomic E-state index is 5.10. The molecule has 0 amide bonds. The molecule has 0 aromatic heterocycles. The number of guanidine groups is 3. The highest BCUT2D eigenvalue weighted by atomic mass is 15.4. The van der Waals surface area contributed by atoms with Gasteiger partial charge in [0.25, 0.3) is 0 Å². The van der Waals surface area contributed by atoms with Crippen molar-refractivity contribution in [3.05, 3.63) is 30.3 Å². The molecule has 0 spiro atoms. The van der Waals surface area contributed by atoms with Gasteiger partial charge in [-0.15, -0.1) is 0 Å². The predicted octanol–water partition coefficient (Wildman–Crippen LogP) is 3.17. The third-order valence-corrected chi connectivity index (χ3v) is 5.02. The van der Waals surface area contributed by atoms with Gasteiger partial charge in [-0.05, 0) is 23.6 Å². The van der Waals surface area contributed by atoms with E-state index in [-0.39, 0.29) is 0 Å². The Morgan fingerprint density at radius 2 is 0.912 bits per heavy atom. The van der Waals surface area contributed by atoms with Crippen LogP contribution in [0.25, 0.3) is 10.8 Å². The minimum atomic E-state index is 0.799. The molecule has 2 rings (SSSR count).